The lowest BCUT2D eigenvalue weighted by Crippen LogP contribution is -2.53. The molecule has 0 aromatic heterocycles. The van der Waals surface area contributed by atoms with Crippen molar-refractivity contribution in [3.8, 4) is 0 Å². The van der Waals surface area contributed by atoms with Crippen LogP contribution in [0.4, 0.5) is 0 Å². The summed E-state index contributed by atoms with van der Waals surface area (Å²) < 4.78 is 0. The van der Waals surface area contributed by atoms with Crippen molar-refractivity contribution in [2.45, 2.75) is 32.2 Å². The minimum Gasteiger partial charge on any atom is -0.480 e. The van der Waals surface area contributed by atoms with Crippen molar-refractivity contribution in [1.29, 1.82) is 0 Å². The van der Waals surface area contributed by atoms with Crippen LogP contribution in [-0.2, 0) is 9.59 Å². The summed E-state index contributed by atoms with van der Waals surface area (Å²) in [6.07, 6.45) is 3.42. The second-order valence-corrected chi connectivity index (χ2v) is 5.49. The van der Waals surface area contributed by atoms with Crippen molar-refractivity contribution >= 4 is 41.2 Å². The van der Waals surface area contributed by atoms with Crippen LogP contribution < -0.4 is 5.32 Å². The summed E-state index contributed by atoms with van der Waals surface area (Å²) in [4.78, 5) is 23.2. The van der Waals surface area contributed by atoms with Crippen LogP contribution in [0.3, 0.4) is 0 Å². The van der Waals surface area contributed by atoms with Crippen LogP contribution in [0.25, 0.3) is 6.08 Å². The van der Waals surface area contributed by atoms with Crippen molar-refractivity contribution in [2.24, 2.45) is 0 Å². The van der Waals surface area contributed by atoms with E-state index in [1.54, 1.807) is 32.0 Å². The van der Waals surface area contributed by atoms with E-state index in [9.17, 15) is 14.7 Å². The first-order valence-corrected chi connectivity index (χ1v) is 7.28. The molecule has 0 saturated heterocycles. The largest absolute Gasteiger partial charge is 0.480 e. The third-order valence-electron chi connectivity index (χ3n) is 3.29. The molecule has 0 aliphatic rings. The van der Waals surface area contributed by atoms with Gasteiger partial charge in [0.1, 0.15) is 5.54 Å². The predicted octanol–water partition coefficient (Wildman–Crippen LogP) is 3.77. The van der Waals surface area contributed by atoms with E-state index in [2.05, 4.69) is 5.32 Å². The average molecular weight is 330 g/mol. The summed E-state index contributed by atoms with van der Waals surface area (Å²) in [5.74, 6) is -1.52. The molecule has 1 amide bonds. The van der Waals surface area contributed by atoms with Crippen molar-refractivity contribution < 1.29 is 14.7 Å². The van der Waals surface area contributed by atoms with Crippen LogP contribution in [0.5, 0.6) is 0 Å². The first-order valence-electron chi connectivity index (χ1n) is 6.52. The highest BCUT2D eigenvalue weighted by Gasteiger charge is 2.35. The quantitative estimate of drug-likeness (QED) is 0.781. The Hall–Kier alpha value is -1.52. The number of nitrogens with one attached hydrogen (secondary N) is 1. The molecule has 21 heavy (non-hydrogen) atoms. The molecule has 0 bridgehead atoms. The summed E-state index contributed by atoms with van der Waals surface area (Å²) in [5, 5.41) is 12.7. The maximum atomic E-state index is 11.9. The highest BCUT2D eigenvalue weighted by atomic mass is 35.5. The van der Waals surface area contributed by atoms with E-state index in [1.165, 1.54) is 12.2 Å². The van der Waals surface area contributed by atoms with Gasteiger partial charge in [-0.1, -0.05) is 37.0 Å². The van der Waals surface area contributed by atoms with Gasteiger partial charge in [0.2, 0.25) is 5.91 Å². The highest BCUT2D eigenvalue weighted by Crippen LogP contribution is 2.20. The first kappa shape index (κ1) is 17.5. The van der Waals surface area contributed by atoms with E-state index in [4.69, 9.17) is 23.2 Å². The van der Waals surface area contributed by atoms with Crippen LogP contribution in [0.1, 0.15) is 32.3 Å². The summed E-state index contributed by atoms with van der Waals surface area (Å²) >= 11 is 11.7. The lowest BCUT2D eigenvalue weighted by molar-refractivity contribution is -0.147. The fourth-order valence-electron chi connectivity index (χ4n) is 1.90. The van der Waals surface area contributed by atoms with Crippen molar-refractivity contribution in [3.05, 3.63) is 39.9 Å². The van der Waals surface area contributed by atoms with Gasteiger partial charge in [-0.05, 0) is 42.7 Å². The molecule has 0 unspecified atom stereocenters. The maximum absolute atomic E-state index is 11.9. The molecule has 1 rings (SSSR count). The number of hydrogen-bond acceptors (Lipinski definition) is 2. The third-order valence-corrected chi connectivity index (χ3v) is 3.73. The summed E-state index contributed by atoms with van der Waals surface area (Å²) in [5.41, 5.74) is -0.579. The van der Waals surface area contributed by atoms with Gasteiger partial charge < -0.3 is 10.4 Å². The molecule has 2 N–H and O–H groups in total. The van der Waals surface area contributed by atoms with Gasteiger partial charge in [0, 0.05) is 16.1 Å². The molecule has 1 aromatic rings. The van der Waals surface area contributed by atoms with Gasteiger partial charge >= 0.3 is 5.97 Å². The smallest absolute Gasteiger partial charge is 0.329 e. The number of rotatable bonds is 6. The van der Waals surface area contributed by atoms with Gasteiger partial charge in [-0.15, -0.1) is 0 Å². The lowest BCUT2D eigenvalue weighted by Gasteiger charge is -2.27. The molecular formula is C15H17Cl2NO3. The zero-order valence-corrected chi connectivity index (χ0v) is 13.3. The molecule has 4 nitrogen and oxygen atoms in total. The van der Waals surface area contributed by atoms with Gasteiger partial charge in [-0.2, -0.15) is 0 Å². The maximum Gasteiger partial charge on any atom is 0.329 e. The molecule has 0 radical (unpaired) electrons. The van der Waals surface area contributed by atoms with Crippen LogP contribution in [-0.4, -0.2) is 22.5 Å². The molecular weight excluding hydrogens is 313 g/mol. The normalized spacial score (nSPS) is 11.6. The van der Waals surface area contributed by atoms with Crippen LogP contribution in [0.15, 0.2) is 24.3 Å². The average Bonchev–Trinajstić information content (AvgIpc) is 2.41. The van der Waals surface area contributed by atoms with Crippen LogP contribution in [0.2, 0.25) is 10.0 Å². The summed E-state index contributed by atoms with van der Waals surface area (Å²) in [6.45, 7) is 3.44. The minimum absolute atomic E-state index is 0.307. The highest BCUT2D eigenvalue weighted by molar-refractivity contribution is 6.34. The number of halogens is 2. The van der Waals surface area contributed by atoms with E-state index in [0.717, 1.165) is 0 Å². The topological polar surface area (TPSA) is 66.4 Å². The zero-order valence-electron chi connectivity index (χ0n) is 11.8. The van der Waals surface area contributed by atoms with Crippen LogP contribution in [0, 0.1) is 0 Å². The minimum atomic E-state index is -1.24. The number of carbonyl (C=O) groups is 2. The number of aliphatic carboxylic acids is 1. The Morgan fingerprint density at radius 1 is 1.19 bits per heavy atom. The molecule has 0 fully saturated rings. The molecule has 6 heteroatoms. The molecule has 114 valence electrons. The number of carboxylic acids is 1. The lowest BCUT2D eigenvalue weighted by atomic mass is 9.93. The molecule has 1 aromatic carbocycles. The Kier molecular flexibility index (Phi) is 6.24. The van der Waals surface area contributed by atoms with Gasteiger partial charge in [0.25, 0.3) is 0 Å². The van der Waals surface area contributed by atoms with Crippen molar-refractivity contribution in [1.82, 2.24) is 5.32 Å². The Balaban J connectivity index is 2.85. The van der Waals surface area contributed by atoms with E-state index in [1.807, 2.05) is 0 Å². The van der Waals surface area contributed by atoms with E-state index in [-0.39, 0.29) is 0 Å². The van der Waals surface area contributed by atoms with E-state index < -0.39 is 17.4 Å². The van der Waals surface area contributed by atoms with Crippen molar-refractivity contribution in [3.63, 3.8) is 0 Å². The molecule has 0 heterocycles. The van der Waals surface area contributed by atoms with Gasteiger partial charge in [0.15, 0.2) is 0 Å². The van der Waals surface area contributed by atoms with Gasteiger partial charge in [0.05, 0.1) is 0 Å². The van der Waals surface area contributed by atoms with Crippen LogP contribution >= 0.6 is 23.2 Å². The predicted molar refractivity (Wildman–Crippen MR) is 84.6 cm³/mol. The van der Waals surface area contributed by atoms with Crippen molar-refractivity contribution in [2.75, 3.05) is 0 Å². The second-order valence-electron chi connectivity index (χ2n) is 4.62. The number of benzene rings is 1. The van der Waals surface area contributed by atoms with Gasteiger partial charge in [-0.3, -0.25) is 4.79 Å². The summed E-state index contributed by atoms with van der Waals surface area (Å²) in [6, 6.07) is 4.90. The van der Waals surface area contributed by atoms with Gasteiger partial charge in [-0.25, -0.2) is 4.79 Å². The molecule has 0 aliphatic carbocycles. The fourth-order valence-corrected chi connectivity index (χ4v) is 2.45. The number of carbonyl (C=O) groups excluding carboxylic acids is 1. The Bertz CT molecular complexity index is 546. The monoisotopic (exact) mass is 329 g/mol. The number of hydrogen-bond donors (Lipinski definition) is 2. The van der Waals surface area contributed by atoms with E-state index in [0.29, 0.717) is 28.5 Å². The molecule has 0 aliphatic heterocycles. The molecule has 0 spiro atoms. The zero-order chi connectivity index (χ0) is 16.0. The Labute approximate surface area is 133 Å². The first-order chi connectivity index (χ1) is 9.82. The fraction of sp³-hybridized carbons (Fsp3) is 0.333. The second kappa shape index (κ2) is 7.48. The standard InChI is InChI=1S/C15H17Cl2NO3/c1-3-15(4-2,14(20)21)18-13(19)6-5-10-7-11(16)9-12(17)8-10/h5-9H,3-4H2,1-2H3,(H,18,19)(H,20,21). The Morgan fingerprint density at radius 2 is 1.71 bits per heavy atom. The molecule has 0 atom stereocenters. The SMILES string of the molecule is CCC(CC)(NC(=O)C=Cc1cc(Cl)cc(Cl)c1)C(=O)O. The Morgan fingerprint density at radius 3 is 2.14 bits per heavy atom. The van der Waals surface area contributed by atoms with E-state index >= 15 is 0 Å². The number of amides is 1. The number of carboxylic acid groups (broad SMARTS) is 1. The third kappa shape index (κ3) is 4.76. The molecule has 0 saturated carbocycles. The summed E-state index contributed by atoms with van der Waals surface area (Å²) in [7, 11) is 0.